The van der Waals surface area contributed by atoms with Gasteiger partial charge in [0.15, 0.2) is 0 Å². The van der Waals surface area contributed by atoms with Crippen LogP contribution < -0.4 is 0 Å². The van der Waals surface area contributed by atoms with E-state index in [4.69, 9.17) is 9.15 Å². The van der Waals surface area contributed by atoms with Crippen molar-refractivity contribution in [3.05, 3.63) is 29.9 Å². The van der Waals surface area contributed by atoms with E-state index < -0.39 is 0 Å². The molecule has 0 radical (unpaired) electrons. The SMILES string of the molecule is CC(C)c1ccc(-c2nnc(C3CCOCC3)o2)cn1. The van der Waals surface area contributed by atoms with E-state index in [0.29, 0.717) is 17.7 Å². The predicted octanol–water partition coefficient (Wildman–Crippen LogP) is 3.15. The average Bonchev–Trinajstić information content (AvgIpc) is 2.98. The first kappa shape index (κ1) is 13.2. The number of rotatable bonds is 3. The molecule has 0 amide bonds. The molecule has 2 aromatic heterocycles. The molecule has 3 rings (SSSR count). The molecule has 1 fully saturated rings. The minimum absolute atomic E-state index is 0.327. The fraction of sp³-hybridized carbons (Fsp3) is 0.533. The van der Waals surface area contributed by atoms with Crippen LogP contribution >= 0.6 is 0 Å². The molecule has 0 saturated carbocycles. The Hall–Kier alpha value is -1.75. The van der Waals surface area contributed by atoms with Gasteiger partial charge in [0.25, 0.3) is 0 Å². The third-order valence-electron chi connectivity index (χ3n) is 3.64. The van der Waals surface area contributed by atoms with Crippen LogP contribution in [-0.4, -0.2) is 28.4 Å². The lowest BCUT2D eigenvalue weighted by molar-refractivity contribution is 0.0795. The highest BCUT2D eigenvalue weighted by Crippen LogP contribution is 2.28. The number of aromatic nitrogens is 3. The van der Waals surface area contributed by atoms with Crippen LogP contribution in [0.4, 0.5) is 0 Å². The molecular weight excluding hydrogens is 254 g/mol. The summed E-state index contributed by atoms with van der Waals surface area (Å²) in [6.07, 6.45) is 3.70. The zero-order valence-electron chi connectivity index (χ0n) is 11.9. The monoisotopic (exact) mass is 273 g/mol. The molecule has 5 nitrogen and oxygen atoms in total. The van der Waals surface area contributed by atoms with Gasteiger partial charge in [-0.3, -0.25) is 4.98 Å². The van der Waals surface area contributed by atoms with E-state index in [-0.39, 0.29) is 0 Å². The van der Waals surface area contributed by atoms with E-state index in [9.17, 15) is 0 Å². The number of pyridine rings is 1. The molecule has 5 heteroatoms. The third-order valence-corrected chi connectivity index (χ3v) is 3.64. The summed E-state index contributed by atoms with van der Waals surface area (Å²) in [5, 5.41) is 8.31. The summed E-state index contributed by atoms with van der Waals surface area (Å²) in [5.41, 5.74) is 1.94. The Morgan fingerprint density at radius 2 is 1.95 bits per heavy atom. The lowest BCUT2D eigenvalue weighted by atomic mass is 10.0. The summed E-state index contributed by atoms with van der Waals surface area (Å²) in [6, 6.07) is 4.00. The molecule has 3 heterocycles. The lowest BCUT2D eigenvalue weighted by Crippen LogP contribution is -2.14. The number of hydrogen-bond donors (Lipinski definition) is 0. The van der Waals surface area contributed by atoms with Crippen LogP contribution in [0.2, 0.25) is 0 Å². The van der Waals surface area contributed by atoms with Gasteiger partial charge in [-0.05, 0) is 30.9 Å². The molecule has 1 saturated heterocycles. The van der Waals surface area contributed by atoms with E-state index in [1.165, 1.54) is 0 Å². The second-order valence-electron chi connectivity index (χ2n) is 5.46. The first-order chi connectivity index (χ1) is 9.74. The molecule has 0 aromatic carbocycles. The van der Waals surface area contributed by atoms with E-state index in [1.807, 2.05) is 12.1 Å². The second kappa shape index (κ2) is 5.71. The highest BCUT2D eigenvalue weighted by molar-refractivity contribution is 5.50. The van der Waals surface area contributed by atoms with Crippen molar-refractivity contribution in [1.29, 1.82) is 0 Å². The fourth-order valence-corrected chi connectivity index (χ4v) is 2.33. The summed E-state index contributed by atoms with van der Waals surface area (Å²) in [6.45, 7) is 5.79. The molecular formula is C15H19N3O2. The summed E-state index contributed by atoms with van der Waals surface area (Å²) >= 11 is 0. The van der Waals surface area contributed by atoms with Crippen LogP contribution in [0, 0.1) is 0 Å². The summed E-state index contributed by atoms with van der Waals surface area (Å²) in [4.78, 5) is 4.43. The van der Waals surface area contributed by atoms with Crippen molar-refractivity contribution in [2.24, 2.45) is 0 Å². The summed E-state index contributed by atoms with van der Waals surface area (Å²) in [5.74, 6) is 2.02. The van der Waals surface area contributed by atoms with E-state index in [2.05, 4.69) is 29.0 Å². The number of nitrogens with zero attached hydrogens (tertiary/aromatic N) is 3. The first-order valence-electron chi connectivity index (χ1n) is 7.11. The highest BCUT2D eigenvalue weighted by atomic mass is 16.5. The van der Waals surface area contributed by atoms with Gasteiger partial charge in [0.05, 0.1) is 5.56 Å². The molecule has 1 aliphatic heterocycles. The van der Waals surface area contributed by atoms with Gasteiger partial charge < -0.3 is 9.15 Å². The van der Waals surface area contributed by atoms with Crippen LogP contribution in [0.25, 0.3) is 11.5 Å². The van der Waals surface area contributed by atoms with Gasteiger partial charge in [-0.25, -0.2) is 0 Å². The molecule has 0 N–H and O–H groups in total. The first-order valence-corrected chi connectivity index (χ1v) is 7.11. The van der Waals surface area contributed by atoms with Gasteiger partial charge in [-0.2, -0.15) is 0 Å². The number of ether oxygens (including phenoxy) is 1. The normalized spacial score (nSPS) is 16.8. The van der Waals surface area contributed by atoms with Crippen LogP contribution in [0.1, 0.15) is 50.1 Å². The summed E-state index contributed by atoms with van der Waals surface area (Å²) in [7, 11) is 0. The molecule has 2 aromatic rings. The second-order valence-corrected chi connectivity index (χ2v) is 5.46. The maximum absolute atomic E-state index is 5.79. The Morgan fingerprint density at radius 1 is 1.15 bits per heavy atom. The van der Waals surface area contributed by atoms with Crippen molar-refractivity contribution >= 4 is 0 Å². The molecule has 0 bridgehead atoms. The van der Waals surface area contributed by atoms with Crippen LogP contribution in [0.5, 0.6) is 0 Å². The predicted molar refractivity (Wildman–Crippen MR) is 74.4 cm³/mol. The third kappa shape index (κ3) is 2.72. The Balaban J connectivity index is 1.78. The molecule has 106 valence electrons. The number of hydrogen-bond acceptors (Lipinski definition) is 5. The Labute approximate surface area is 118 Å². The van der Waals surface area contributed by atoms with Crippen molar-refractivity contribution in [2.75, 3.05) is 13.2 Å². The molecule has 1 aliphatic rings. The van der Waals surface area contributed by atoms with Crippen LogP contribution in [0.3, 0.4) is 0 Å². The van der Waals surface area contributed by atoms with Gasteiger partial charge in [-0.15, -0.1) is 10.2 Å². The van der Waals surface area contributed by atoms with Crippen molar-refractivity contribution in [2.45, 2.75) is 38.5 Å². The minimum Gasteiger partial charge on any atom is -0.420 e. The standard InChI is InChI=1S/C15H19N3O2/c1-10(2)13-4-3-12(9-16-13)15-18-17-14(20-15)11-5-7-19-8-6-11/h3-4,9-11H,5-8H2,1-2H3. The van der Waals surface area contributed by atoms with Crippen molar-refractivity contribution in [1.82, 2.24) is 15.2 Å². The van der Waals surface area contributed by atoms with E-state index >= 15 is 0 Å². The quantitative estimate of drug-likeness (QED) is 0.859. The van der Waals surface area contributed by atoms with Crippen molar-refractivity contribution in [3.8, 4) is 11.5 Å². The molecule has 0 spiro atoms. The summed E-state index contributed by atoms with van der Waals surface area (Å²) < 4.78 is 11.1. The van der Waals surface area contributed by atoms with Gasteiger partial charge in [0.2, 0.25) is 11.8 Å². The average molecular weight is 273 g/mol. The molecule has 0 atom stereocenters. The zero-order valence-corrected chi connectivity index (χ0v) is 11.9. The van der Waals surface area contributed by atoms with Crippen molar-refractivity contribution in [3.63, 3.8) is 0 Å². The Morgan fingerprint density at radius 3 is 2.60 bits per heavy atom. The van der Waals surface area contributed by atoms with Crippen LogP contribution in [-0.2, 0) is 4.74 Å². The Kier molecular flexibility index (Phi) is 3.78. The molecule has 0 aliphatic carbocycles. The zero-order chi connectivity index (χ0) is 13.9. The van der Waals surface area contributed by atoms with Gasteiger partial charge >= 0.3 is 0 Å². The lowest BCUT2D eigenvalue weighted by Gasteiger charge is -2.18. The highest BCUT2D eigenvalue weighted by Gasteiger charge is 2.22. The fourth-order valence-electron chi connectivity index (χ4n) is 2.33. The maximum atomic E-state index is 5.79. The van der Waals surface area contributed by atoms with Gasteiger partial charge in [-0.1, -0.05) is 13.8 Å². The molecule has 0 unspecified atom stereocenters. The van der Waals surface area contributed by atoms with E-state index in [0.717, 1.165) is 43.2 Å². The topological polar surface area (TPSA) is 61.0 Å². The van der Waals surface area contributed by atoms with Gasteiger partial charge in [0, 0.05) is 31.0 Å². The smallest absolute Gasteiger partial charge is 0.249 e. The van der Waals surface area contributed by atoms with E-state index in [1.54, 1.807) is 6.20 Å². The van der Waals surface area contributed by atoms with Gasteiger partial charge in [0.1, 0.15) is 0 Å². The maximum Gasteiger partial charge on any atom is 0.249 e. The Bertz CT molecular complexity index is 557. The van der Waals surface area contributed by atoms with Crippen molar-refractivity contribution < 1.29 is 9.15 Å². The molecule has 20 heavy (non-hydrogen) atoms. The minimum atomic E-state index is 0.327. The largest absolute Gasteiger partial charge is 0.420 e. The van der Waals surface area contributed by atoms with Crippen LogP contribution in [0.15, 0.2) is 22.7 Å².